The third kappa shape index (κ3) is 2.88. The van der Waals surface area contributed by atoms with Crippen LogP contribution in [0.1, 0.15) is 15.9 Å². The normalized spacial score (nSPS) is 10.3. The monoisotopic (exact) mass is 246 g/mol. The molecule has 1 heterocycles. The second-order valence-electron chi connectivity index (χ2n) is 3.95. The molecule has 1 aromatic carbocycles. The molecule has 1 aromatic heterocycles. The molecular formula is C13H14N2O3. The summed E-state index contributed by atoms with van der Waals surface area (Å²) in [6.45, 7) is 2.88. The van der Waals surface area contributed by atoms with Gasteiger partial charge in [-0.2, -0.15) is 0 Å². The summed E-state index contributed by atoms with van der Waals surface area (Å²) in [5.74, 6) is -0.579. The lowest BCUT2D eigenvalue weighted by Crippen LogP contribution is -2.09. The zero-order chi connectivity index (χ0) is 13.0. The van der Waals surface area contributed by atoms with Gasteiger partial charge in [-0.25, -0.2) is 9.78 Å². The molecule has 1 N–H and O–H groups in total. The van der Waals surface area contributed by atoms with E-state index in [1.165, 1.54) is 0 Å². The highest BCUT2D eigenvalue weighted by Crippen LogP contribution is 2.20. The summed E-state index contributed by atoms with van der Waals surface area (Å²) in [5, 5.41) is 9.08. The van der Waals surface area contributed by atoms with Gasteiger partial charge < -0.3 is 14.4 Å². The first-order chi connectivity index (χ1) is 8.66. The SMILES string of the molecule is Cc1ccc(OCCn2ccnc2)c(C(=O)O)c1. The largest absolute Gasteiger partial charge is 0.491 e. The van der Waals surface area contributed by atoms with Crippen LogP contribution in [0.4, 0.5) is 0 Å². The number of hydrogen-bond acceptors (Lipinski definition) is 3. The number of carboxylic acids is 1. The zero-order valence-corrected chi connectivity index (χ0v) is 10.0. The van der Waals surface area contributed by atoms with Crippen LogP contribution in [0.25, 0.3) is 0 Å². The van der Waals surface area contributed by atoms with Gasteiger partial charge in [-0.3, -0.25) is 0 Å². The van der Waals surface area contributed by atoms with Crippen molar-refractivity contribution >= 4 is 5.97 Å². The number of ether oxygens (including phenoxy) is 1. The standard InChI is InChI=1S/C13H14N2O3/c1-10-2-3-12(11(8-10)13(16)17)18-7-6-15-5-4-14-9-15/h2-5,8-9H,6-7H2,1H3,(H,16,17). The molecule has 18 heavy (non-hydrogen) atoms. The molecule has 5 heteroatoms. The van der Waals surface area contributed by atoms with Gasteiger partial charge in [0.2, 0.25) is 0 Å². The van der Waals surface area contributed by atoms with E-state index in [1.807, 2.05) is 23.8 Å². The van der Waals surface area contributed by atoms with Gasteiger partial charge in [0.1, 0.15) is 17.9 Å². The summed E-state index contributed by atoms with van der Waals surface area (Å²) >= 11 is 0. The van der Waals surface area contributed by atoms with Gasteiger partial charge in [-0.15, -0.1) is 0 Å². The molecule has 0 radical (unpaired) electrons. The Morgan fingerprint density at radius 2 is 2.33 bits per heavy atom. The molecule has 2 rings (SSSR count). The highest BCUT2D eigenvalue weighted by Gasteiger charge is 2.11. The molecule has 0 atom stereocenters. The van der Waals surface area contributed by atoms with Crippen molar-refractivity contribution in [3.8, 4) is 5.75 Å². The summed E-state index contributed by atoms with van der Waals surface area (Å²) < 4.78 is 7.37. The van der Waals surface area contributed by atoms with E-state index in [-0.39, 0.29) is 5.56 Å². The molecular weight excluding hydrogens is 232 g/mol. The highest BCUT2D eigenvalue weighted by atomic mass is 16.5. The van der Waals surface area contributed by atoms with Crippen LogP contribution in [0.2, 0.25) is 0 Å². The predicted molar refractivity (Wildman–Crippen MR) is 65.9 cm³/mol. The lowest BCUT2D eigenvalue weighted by Gasteiger charge is -2.10. The number of aryl methyl sites for hydroxylation is 1. The van der Waals surface area contributed by atoms with Crippen molar-refractivity contribution in [1.82, 2.24) is 9.55 Å². The number of carboxylic acid groups (broad SMARTS) is 1. The van der Waals surface area contributed by atoms with Gasteiger partial charge in [0.05, 0.1) is 12.9 Å². The van der Waals surface area contributed by atoms with Crippen LogP contribution in [0.15, 0.2) is 36.9 Å². The summed E-state index contributed by atoms with van der Waals surface area (Å²) in [7, 11) is 0. The van der Waals surface area contributed by atoms with Crippen molar-refractivity contribution in [3.05, 3.63) is 48.0 Å². The minimum atomic E-state index is -0.976. The van der Waals surface area contributed by atoms with Crippen molar-refractivity contribution < 1.29 is 14.6 Å². The molecule has 0 amide bonds. The number of aromatic carboxylic acids is 1. The van der Waals surface area contributed by atoms with Gasteiger partial charge in [0, 0.05) is 12.4 Å². The number of rotatable bonds is 5. The fraction of sp³-hybridized carbons (Fsp3) is 0.231. The van der Waals surface area contributed by atoms with Crippen molar-refractivity contribution in [2.24, 2.45) is 0 Å². The Balaban J connectivity index is 2.02. The minimum Gasteiger partial charge on any atom is -0.491 e. The van der Waals surface area contributed by atoms with Crippen LogP contribution in [0, 0.1) is 6.92 Å². The number of imidazole rings is 1. The molecule has 5 nitrogen and oxygen atoms in total. The van der Waals surface area contributed by atoms with Gasteiger partial charge in [-0.05, 0) is 19.1 Å². The van der Waals surface area contributed by atoms with Crippen LogP contribution >= 0.6 is 0 Å². The van der Waals surface area contributed by atoms with Gasteiger partial charge in [-0.1, -0.05) is 11.6 Å². The van der Waals surface area contributed by atoms with E-state index in [2.05, 4.69) is 4.98 Å². The Morgan fingerprint density at radius 3 is 3.00 bits per heavy atom. The summed E-state index contributed by atoms with van der Waals surface area (Å²) in [4.78, 5) is 15.0. The molecule has 0 bridgehead atoms. The Kier molecular flexibility index (Phi) is 3.62. The molecule has 0 spiro atoms. The van der Waals surface area contributed by atoms with E-state index in [4.69, 9.17) is 9.84 Å². The molecule has 0 aliphatic heterocycles. The highest BCUT2D eigenvalue weighted by molar-refractivity contribution is 5.91. The fourth-order valence-corrected chi connectivity index (χ4v) is 1.62. The third-order valence-electron chi connectivity index (χ3n) is 2.53. The molecule has 0 aliphatic rings. The Morgan fingerprint density at radius 1 is 1.50 bits per heavy atom. The van der Waals surface area contributed by atoms with E-state index in [1.54, 1.807) is 24.7 Å². The molecule has 0 saturated heterocycles. The first-order valence-electron chi connectivity index (χ1n) is 5.59. The number of carbonyl (C=O) groups is 1. The molecule has 0 unspecified atom stereocenters. The Bertz CT molecular complexity index is 535. The first-order valence-corrected chi connectivity index (χ1v) is 5.59. The average molecular weight is 246 g/mol. The van der Waals surface area contributed by atoms with Crippen LogP contribution < -0.4 is 4.74 Å². The molecule has 0 saturated carbocycles. The lowest BCUT2D eigenvalue weighted by atomic mass is 10.1. The van der Waals surface area contributed by atoms with Crippen LogP contribution in [-0.2, 0) is 6.54 Å². The van der Waals surface area contributed by atoms with E-state index >= 15 is 0 Å². The molecule has 94 valence electrons. The van der Waals surface area contributed by atoms with Crippen molar-refractivity contribution in [2.45, 2.75) is 13.5 Å². The van der Waals surface area contributed by atoms with Crippen molar-refractivity contribution in [1.29, 1.82) is 0 Å². The van der Waals surface area contributed by atoms with Gasteiger partial charge in [0.15, 0.2) is 0 Å². The van der Waals surface area contributed by atoms with Crippen LogP contribution in [0.5, 0.6) is 5.75 Å². The molecule has 0 fully saturated rings. The maximum Gasteiger partial charge on any atom is 0.339 e. The number of hydrogen-bond donors (Lipinski definition) is 1. The minimum absolute atomic E-state index is 0.195. The second-order valence-corrected chi connectivity index (χ2v) is 3.95. The maximum atomic E-state index is 11.1. The molecule has 0 aliphatic carbocycles. The summed E-state index contributed by atoms with van der Waals surface area (Å²) in [6.07, 6.45) is 5.21. The van der Waals surface area contributed by atoms with E-state index in [9.17, 15) is 4.79 Å². The van der Waals surface area contributed by atoms with Crippen LogP contribution in [0.3, 0.4) is 0 Å². The topological polar surface area (TPSA) is 64.4 Å². The van der Waals surface area contributed by atoms with E-state index < -0.39 is 5.97 Å². The van der Waals surface area contributed by atoms with E-state index in [0.29, 0.717) is 18.9 Å². The Labute approximate surface area is 105 Å². The number of benzene rings is 1. The molecule has 2 aromatic rings. The van der Waals surface area contributed by atoms with Gasteiger partial charge >= 0.3 is 5.97 Å². The quantitative estimate of drug-likeness (QED) is 0.876. The maximum absolute atomic E-state index is 11.1. The predicted octanol–water partition coefficient (Wildman–Crippen LogP) is 1.97. The number of aromatic nitrogens is 2. The second kappa shape index (κ2) is 5.35. The fourth-order valence-electron chi connectivity index (χ4n) is 1.62. The summed E-state index contributed by atoms with van der Waals surface area (Å²) in [6, 6.07) is 5.13. The van der Waals surface area contributed by atoms with Crippen LogP contribution in [-0.4, -0.2) is 27.2 Å². The third-order valence-corrected chi connectivity index (χ3v) is 2.53. The van der Waals surface area contributed by atoms with E-state index in [0.717, 1.165) is 5.56 Å². The summed E-state index contributed by atoms with van der Waals surface area (Å²) in [5.41, 5.74) is 1.09. The zero-order valence-electron chi connectivity index (χ0n) is 10.0. The van der Waals surface area contributed by atoms with Gasteiger partial charge in [0.25, 0.3) is 0 Å². The number of nitrogens with zero attached hydrogens (tertiary/aromatic N) is 2. The van der Waals surface area contributed by atoms with Crippen molar-refractivity contribution in [3.63, 3.8) is 0 Å². The smallest absolute Gasteiger partial charge is 0.339 e. The first kappa shape index (κ1) is 12.2. The lowest BCUT2D eigenvalue weighted by molar-refractivity contribution is 0.0692. The average Bonchev–Trinajstić information content (AvgIpc) is 2.84. The Hall–Kier alpha value is -2.30. The van der Waals surface area contributed by atoms with Crippen molar-refractivity contribution in [2.75, 3.05) is 6.61 Å².